The highest BCUT2D eigenvalue weighted by Crippen LogP contribution is 2.33. The maximum absolute atomic E-state index is 6.30. The molecule has 0 radical (unpaired) electrons. The summed E-state index contributed by atoms with van der Waals surface area (Å²) in [4.78, 5) is 0. The molecule has 1 atom stereocenters. The molecule has 0 saturated carbocycles. The second-order valence-electron chi connectivity index (χ2n) is 6.35. The Morgan fingerprint density at radius 3 is 2.42 bits per heavy atom. The fourth-order valence-corrected chi connectivity index (χ4v) is 3.11. The quantitative estimate of drug-likeness (QED) is 0.629. The Morgan fingerprint density at radius 2 is 1.75 bits per heavy atom. The van der Waals surface area contributed by atoms with Gasteiger partial charge in [-0.2, -0.15) is 0 Å². The molecule has 2 aromatic rings. The Labute approximate surface area is 155 Å². The largest absolute Gasteiger partial charge is 0.489 e. The zero-order valence-corrected chi connectivity index (χ0v) is 16.0. The standard InChI is InChI=1S/C20H25Cl2NO/c1-14(2)24-20-17(11-18(21)12-19(20)22)13-23-15(3)9-10-16-7-5-4-6-8-16/h4-8,11-12,14-15,23H,9-10,13H2,1-3H3/t15-/m1/s1. The van der Waals surface area contributed by atoms with Crippen LogP contribution in [-0.2, 0) is 13.0 Å². The van der Waals surface area contributed by atoms with Gasteiger partial charge in [0.2, 0.25) is 0 Å². The lowest BCUT2D eigenvalue weighted by atomic mass is 10.1. The Balaban J connectivity index is 1.95. The Hall–Kier alpha value is -1.22. The van der Waals surface area contributed by atoms with Crippen LogP contribution in [0.3, 0.4) is 0 Å². The average Bonchev–Trinajstić information content (AvgIpc) is 2.54. The van der Waals surface area contributed by atoms with Gasteiger partial charge in [0.15, 0.2) is 0 Å². The van der Waals surface area contributed by atoms with Crippen molar-refractivity contribution in [2.75, 3.05) is 0 Å². The van der Waals surface area contributed by atoms with E-state index in [0.29, 0.717) is 22.6 Å². The molecule has 24 heavy (non-hydrogen) atoms. The fraction of sp³-hybridized carbons (Fsp3) is 0.400. The van der Waals surface area contributed by atoms with Gasteiger partial charge in [-0.1, -0.05) is 53.5 Å². The van der Waals surface area contributed by atoms with Crippen molar-refractivity contribution in [3.05, 3.63) is 63.6 Å². The molecule has 130 valence electrons. The molecule has 0 aromatic heterocycles. The van der Waals surface area contributed by atoms with E-state index in [1.54, 1.807) is 6.07 Å². The molecule has 0 aliphatic carbocycles. The van der Waals surface area contributed by atoms with E-state index in [2.05, 4.69) is 36.5 Å². The zero-order chi connectivity index (χ0) is 17.5. The van der Waals surface area contributed by atoms with E-state index in [9.17, 15) is 0 Å². The molecule has 0 spiro atoms. The van der Waals surface area contributed by atoms with Crippen molar-refractivity contribution in [2.45, 2.75) is 52.3 Å². The van der Waals surface area contributed by atoms with Crippen LogP contribution in [0.25, 0.3) is 0 Å². The first-order valence-electron chi connectivity index (χ1n) is 8.37. The summed E-state index contributed by atoms with van der Waals surface area (Å²) in [5, 5.41) is 4.73. The second kappa shape index (κ2) is 9.31. The molecule has 2 nitrogen and oxygen atoms in total. The summed E-state index contributed by atoms with van der Waals surface area (Å²) in [7, 11) is 0. The SMILES string of the molecule is CC(C)Oc1c(Cl)cc(Cl)cc1CN[C@H](C)CCc1ccccc1. The summed E-state index contributed by atoms with van der Waals surface area (Å²) in [6.07, 6.45) is 2.19. The van der Waals surface area contributed by atoms with Gasteiger partial charge in [-0.3, -0.25) is 0 Å². The lowest BCUT2D eigenvalue weighted by Gasteiger charge is -2.19. The van der Waals surface area contributed by atoms with Crippen LogP contribution in [0.15, 0.2) is 42.5 Å². The molecular formula is C20H25Cl2NO. The maximum Gasteiger partial charge on any atom is 0.142 e. The van der Waals surface area contributed by atoms with Crippen LogP contribution in [0.5, 0.6) is 5.75 Å². The molecule has 0 saturated heterocycles. The number of hydrogen-bond donors (Lipinski definition) is 1. The van der Waals surface area contributed by atoms with Crippen LogP contribution in [0.4, 0.5) is 0 Å². The predicted octanol–water partition coefficient (Wildman–Crippen LogP) is 5.89. The second-order valence-corrected chi connectivity index (χ2v) is 7.19. The number of ether oxygens (including phenoxy) is 1. The van der Waals surface area contributed by atoms with Gasteiger partial charge in [0.1, 0.15) is 5.75 Å². The Kier molecular flexibility index (Phi) is 7.41. The van der Waals surface area contributed by atoms with Crippen LogP contribution in [0.2, 0.25) is 10.0 Å². The van der Waals surface area contributed by atoms with Gasteiger partial charge < -0.3 is 10.1 Å². The molecule has 2 aromatic carbocycles. The van der Waals surface area contributed by atoms with Crippen LogP contribution >= 0.6 is 23.2 Å². The van der Waals surface area contributed by atoms with E-state index < -0.39 is 0 Å². The van der Waals surface area contributed by atoms with Gasteiger partial charge >= 0.3 is 0 Å². The van der Waals surface area contributed by atoms with Crippen LogP contribution in [-0.4, -0.2) is 12.1 Å². The van der Waals surface area contributed by atoms with Gasteiger partial charge in [-0.25, -0.2) is 0 Å². The minimum absolute atomic E-state index is 0.0675. The number of hydrogen-bond acceptors (Lipinski definition) is 2. The fourth-order valence-electron chi connectivity index (χ4n) is 2.53. The Morgan fingerprint density at radius 1 is 1.04 bits per heavy atom. The third-order valence-electron chi connectivity index (χ3n) is 3.79. The van der Waals surface area contributed by atoms with Gasteiger partial charge in [-0.15, -0.1) is 0 Å². The zero-order valence-electron chi connectivity index (χ0n) is 14.5. The van der Waals surface area contributed by atoms with Gasteiger partial charge in [-0.05, 0) is 51.3 Å². The summed E-state index contributed by atoms with van der Waals surface area (Å²) in [5.41, 5.74) is 2.36. The molecular weight excluding hydrogens is 341 g/mol. The molecule has 4 heteroatoms. The summed E-state index contributed by atoms with van der Waals surface area (Å²) in [5.74, 6) is 0.721. The predicted molar refractivity (Wildman–Crippen MR) is 103 cm³/mol. The summed E-state index contributed by atoms with van der Waals surface area (Å²) < 4.78 is 5.86. The van der Waals surface area contributed by atoms with Crippen molar-refractivity contribution in [1.82, 2.24) is 5.32 Å². The highest BCUT2D eigenvalue weighted by molar-refractivity contribution is 6.35. The first-order valence-corrected chi connectivity index (χ1v) is 9.13. The molecule has 0 bridgehead atoms. The number of benzene rings is 2. The van der Waals surface area contributed by atoms with Crippen molar-refractivity contribution in [3.8, 4) is 5.75 Å². The van der Waals surface area contributed by atoms with Crippen molar-refractivity contribution in [2.24, 2.45) is 0 Å². The highest BCUT2D eigenvalue weighted by atomic mass is 35.5. The van der Waals surface area contributed by atoms with E-state index in [4.69, 9.17) is 27.9 Å². The summed E-state index contributed by atoms with van der Waals surface area (Å²) in [6, 6.07) is 14.6. The van der Waals surface area contributed by atoms with E-state index in [1.165, 1.54) is 5.56 Å². The molecule has 0 aliphatic heterocycles. The summed E-state index contributed by atoms with van der Waals surface area (Å²) in [6.45, 7) is 6.85. The minimum atomic E-state index is 0.0675. The van der Waals surface area contributed by atoms with Crippen LogP contribution in [0.1, 0.15) is 38.3 Å². The highest BCUT2D eigenvalue weighted by Gasteiger charge is 2.13. The van der Waals surface area contributed by atoms with Crippen molar-refractivity contribution in [3.63, 3.8) is 0 Å². The van der Waals surface area contributed by atoms with Crippen molar-refractivity contribution in [1.29, 1.82) is 0 Å². The molecule has 0 heterocycles. The first-order chi connectivity index (χ1) is 11.5. The molecule has 0 aliphatic rings. The topological polar surface area (TPSA) is 21.3 Å². The number of nitrogens with one attached hydrogen (secondary N) is 1. The molecule has 2 rings (SSSR count). The molecule has 0 unspecified atom stereocenters. The monoisotopic (exact) mass is 365 g/mol. The van der Waals surface area contributed by atoms with Crippen molar-refractivity contribution >= 4 is 23.2 Å². The van der Waals surface area contributed by atoms with Gasteiger partial charge in [0.05, 0.1) is 11.1 Å². The van der Waals surface area contributed by atoms with Crippen LogP contribution in [0, 0.1) is 0 Å². The average molecular weight is 366 g/mol. The van der Waals surface area contributed by atoms with Crippen LogP contribution < -0.4 is 10.1 Å². The molecule has 0 amide bonds. The smallest absolute Gasteiger partial charge is 0.142 e. The number of halogens is 2. The number of rotatable bonds is 8. The molecule has 0 fully saturated rings. The number of aryl methyl sites for hydroxylation is 1. The van der Waals surface area contributed by atoms with Crippen molar-refractivity contribution < 1.29 is 4.74 Å². The molecule has 1 N–H and O–H groups in total. The third-order valence-corrected chi connectivity index (χ3v) is 4.29. The van der Waals surface area contributed by atoms with Gasteiger partial charge in [0, 0.05) is 23.2 Å². The Bertz CT molecular complexity index is 644. The van der Waals surface area contributed by atoms with E-state index in [-0.39, 0.29) is 6.10 Å². The lowest BCUT2D eigenvalue weighted by molar-refractivity contribution is 0.239. The van der Waals surface area contributed by atoms with E-state index >= 15 is 0 Å². The maximum atomic E-state index is 6.30. The lowest BCUT2D eigenvalue weighted by Crippen LogP contribution is -2.26. The normalized spacial score (nSPS) is 12.4. The third kappa shape index (κ3) is 6.01. The first kappa shape index (κ1) is 19.1. The summed E-state index contributed by atoms with van der Waals surface area (Å²) >= 11 is 12.4. The van der Waals surface area contributed by atoms with Gasteiger partial charge in [0.25, 0.3) is 0 Å². The van der Waals surface area contributed by atoms with E-state index in [0.717, 1.165) is 24.2 Å². The van der Waals surface area contributed by atoms with E-state index in [1.807, 2.05) is 26.0 Å². The minimum Gasteiger partial charge on any atom is -0.489 e.